The first kappa shape index (κ1) is 20.1. The summed E-state index contributed by atoms with van der Waals surface area (Å²) < 4.78 is 28.9. The third-order valence-corrected chi connectivity index (χ3v) is 7.71. The number of hydrogen-bond acceptors (Lipinski definition) is 6. The molecule has 2 heterocycles. The number of hydrogen-bond donors (Lipinski definition) is 1. The molecule has 0 radical (unpaired) electrons. The van der Waals surface area contributed by atoms with Gasteiger partial charge in [0, 0.05) is 4.88 Å². The second-order valence-corrected chi connectivity index (χ2v) is 9.90. The predicted molar refractivity (Wildman–Crippen MR) is 106 cm³/mol. The van der Waals surface area contributed by atoms with Crippen LogP contribution >= 0.6 is 34.5 Å². The van der Waals surface area contributed by atoms with Gasteiger partial charge in [-0.15, -0.1) is 11.3 Å². The normalized spacial score (nSPS) is 15.1. The van der Waals surface area contributed by atoms with Crippen LogP contribution in [0.3, 0.4) is 0 Å². The van der Waals surface area contributed by atoms with E-state index in [0.717, 1.165) is 11.3 Å². The van der Waals surface area contributed by atoms with Crippen molar-refractivity contribution in [2.45, 2.75) is 19.1 Å². The summed E-state index contributed by atoms with van der Waals surface area (Å²) in [5.74, 6) is -1.35. The van der Waals surface area contributed by atoms with Crippen LogP contribution in [0.25, 0.3) is 0 Å². The maximum Gasteiger partial charge on any atom is 0.341 e. The van der Waals surface area contributed by atoms with E-state index in [4.69, 9.17) is 27.9 Å². The molecule has 144 valence electrons. The lowest BCUT2D eigenvalue weighted by Crippen LogP contribution is -2.20. The number of rotatable bonds is 4. The number of esters is 1. The van der Waals surface area contributed by atoms with E-state index in [1.54, 1.807) is 19.1 Å². The van der Waals surface area contributed by atoms with E-state index < -0.39 is 21.7 Å². The third-order valence-electron chi connectivity index (χ3n) is 4.01. The molecule has 1 aliphatic heterocycles. The lowest BCUT2D eigenvalue weighted by Gasteiger charge is -2.13. The summed E-state index contributed by atoms with van der Waals surface area (Å²) in [5, 5.41) is 3.23. The highest BCUT2D eigenvalue weighted by atomic mass is 35.5. The van der Waals surface area contributed by atoms with Crippen LogP contribution in [0.1, 0.15) is 38.1 Å². The van der Waals surface area contributed by atoms with Crippen molar-refractivity contribution >= 4 is 61.3 Å². The van der Waals surface area contributed by atoms with Crippen LogP contribution in [0.5, 0.6) is 0 Å². The first-order chi connectivity index (χ1) is 12.7. The first-order valence-corrected chi connectivity index (χ1v) is 11.4. The van der Waals surface area contributed by atoms with Crippen molar-refractivity contribution in [1.82, 2.24) is 0 Å². The van der Waals surface area contributed by atoms with E-state index in [9.17, 15) is 18.0 Å². The van der Waals surface area contributed by atoms with Crippen molar-refractivity contribution < 1.29 is 22.7 Å². The van der Waals surface area contributed by atoms with Gasteiger partial charge in [-0.3, -0.25) is 4.79 Å². The topological polar surface area (TPSA) is 89.5 Å². The lowest BCUT2D eigenvalue weighted by molar-refractivity contribution is 0.0527. The molecule has 0 spiro atoms. The molecule has 1 aromatic heterocycles. The number of ether oxygens (including phenoxy) is 1. The van der Waals surface area contributed by atoms with Crippen LogP contribution in [0.4, 0.5) is 5.00 Å². The monoisotopic (exact) mass is 447 g/mol. The standard InChI is InChI=1S/C17H15Cl2NO5S2/c1-2-25-17(22)13-9-6-7-27(23,24)8-12(9)26-16(13)20-15(21)10-4-3-5-11(18)14(10)19/h3-5H,2,6-8H2,1H3,(H,20,21). The number of thiophene rings is 1. The summed E-state index contributed by atoms with van der Waals surface area (Å²) in [6.45, 7) is 1.83. The van der Waals surface area contributed by atoms with Gasteiger partial charge in [0.15, 0.2) is 9.84 Å². The number of fused-ring (bicyclic) bond motifs is 1. The molecule has 1 amide bonds. The van der Waals surface area contributed by atoms with E-state index >= 15 is 0 Å². The fourth-order valence-electron chi connectivity index (χ4n) is 2.78. The van der Waals surface area contributed by atoms with Crippen molar-refractivity contribution in [2.24, 2.45) is 0 Å². The molecule has 3 rings (SSSR count). The maximum atomic E-state index is 12.6. The van der Waals surface area contributed by atoms with Crippen molar-refractivity contribution in [2.75, 3.05) is 17.7 Å². The number of halogens is 2. The summed E-state index contributed by atoms with van der Waals surface area (Å²) >= 11 is 13.1. The molecular weight excluding hydrogens is 433 g/mol. The molecule has 1 aromatic carbocycles. The zero-order valence-corrected chi connectivity index (χ0v) is 17.3. The Kier molecular flexibility index (Phi) is 5.81. The number of benzene rings is 1. The van der Waals surface area contributed by atoms with Crippen LogP contribution in [0.15, 0.2) is 18.2 Å². The van der Waals surface area contributed by atoms with Crippen LogP contribution in [-0.2, 0) is 26.7 Å². The van der Waals surface area contributed by atoms with Crippen molar-refractivity contribution in [3.8, 4) is 0 Å². The minimum atomic E-state index is -3.22. The van der Waals surface area contributed by atoms with Crippen LogP contribution < -0.4 is 5.32 Å². The Hall–Kier alpha value is -1.61. The second-order valence-electron chi connectivity index (χ2n) is 5.83. The van der Waals surface area contributed by atoms with Crippen LogP contribution in [0, 0.1) is 0 Å². The van der Waals surface area contributed by atoms with Gasteiger partial charge in [-0.05, 0) is 31.0 Å². The summed E-state index contributed by atoms with van der Waals surface area (Å²) in [7, 11) is -3.22. The lowest BCUT2D eigenvalue weighted by atomic mass is 10.1. The molecule has 0 saturated carbocycles. The van der Waals surface area contributed by atoms with Gasteiger partial charge < -0.3 is 10.1 Å². The molecule has 1 aliphatic rings. The van der Waals surface area contributed by atoms with Gasteiger partial charge in [0.05, 0.1) is 39.3 Å². The molecule has 1 N–H and O–H groups in total. The first-order valence-electron chi connectivity index (χ1n) is 8.01. The largest absolute Gasteiger partial charge is 0.462 e. The van der Waals surface area contributed by atoms with Crippen LogP contribution in [-0.4, -0.2) is 32.7 Å². The van der Waals surface area contributed by atoms with Gasteiger partial charge in [-0.2, -0.15) is 0 Å². The SMILES string of the molecule is CCOC(=O)c1c(NC(=O)c2cccc(Cl)c2Cl)sc2c1CCS(=O)(=O)C2. The summed E-state index contributed by atoms with van der Waals surface area (Å²) in [6, 6.07) is 4.65. The molecule has 0 saturated heterocycles. The Morgan fingerprint density at radius 1 is 1.30 bits per heavy atom. The summed E-state index contributed by atoms with van der Waals surface area (Å²) in [6.07, 6.45) is 0.204. The zero-order chi connectivity index (χ0) is 19.8. The highest BCUT2D eigenvalue weighted by Gasteiger charge is 2.32. The Balaban J connectivity index is 2.02. The van der Waals surface area contributed by atoms with Gasteiger partial charge in [0.2, 0.25) is 0 Å². The smallest absolute Gasteiger partial charge is 0.341 e. The fraction of sp³-hybridized carbons (Fsp3) is 0.294. The molecule has 0 atom stereocenters. The van der Waals surface area contributed by atoms with Gasteiger partial charge >= 0.3 is 5.97 Å². The summed E-state index contributed by atoms with van der Waals surface area (Å²) in [5.41, 5.74) is 0.969. The number of amides is 1. The number of anilines is 1. The van der Waals surface area contributed by atoms with E-state index in [2.05, 4.69) is 5.32 Å². The van der Waals surface area contributed by atoms with E-state index in [0.29, 0.717) is 10.4 Å². The molecule has 2 aromatic rings. The third kappa shape index (κ3) is 4.13. The number of sulfone groups is 1. The molecule has 27 heavy (non-hydrogen) atoms. The molecule has 0 aliphatic carbocycles. The van der Waals surface area contributed by atoms with E-state index in [1.165, 1.54) is 6.07 Å². The minimum absolute atomic E-state index is 0.0450. The zero-order valence-electron chi connectivity index (χ0n) is 14.2. The highest BCUT2D eigenvalue weighted by molar-refractivity contribution is 7.90. The molecule has 0 fully saturated rings. The van der Waals surface area contributed by atoms with E-state index in [1.807, 2.05) is 0 Å². The van der Waals surface area contributed by atoms with Gasteiger partial charge in [0.1, 0.15) is 5.00 Å². The summed E-state index contributed by atoms with van der Waals surface area (Å²) in [4.78, 5) is 25.6. The maximum absolute atomic E-state index is 12.6. The number of nitrogens with one attached hydrogen (secondary N) is 1. The van der Waals surface area contributed by atoms with Gasteiger partial charge in [0.25, 0.3) is 5.91 Å². The fourth-order valence-corrected chi connectivity index (χ4v) is 6.20. The predicted octanol–water partition coefficient (Wildman–Crippen LogP) is 3.95. The minimum Gasteiger partial charge on any atom is -0.462 e. The highest BCUT2D eigenvalue weighted by Crippen LogP contribution is 2.39. The van der Waals surface area contributed by atoms with Crippen LogP contribution in [0.2, 0.25) is 10.0 Å². The van der Waals surface area contributed by atoms with Crippen molar-refractivity contribution in [1.29, 1.82) is 0 Å². The second kappa shape index (κ2) is 7.79. The van der Waals surface area contributed by atoms with Gasteiger partial charge in [-0.1, -0.05) is 29.3 Å². The number of carbonyl (C=O) groups is 2. The van der Waals surface area contributed by atoms with Crippen molar-refractivity contribution in [3.63, 3.8) is 0 Å². The van der Waals surface area contributed by atoms with Crippen molar-refractivity contribution in [3.05, 3.63) is 49.8 Å². The van der Waals surface area contributed by atoms with E-state index in [-0.39, 0.29) is 50.7 Å². The molecular formula is C17H15Cl2NO5S2. The Labute approximate surface area is 170 Å². The van der Waals surface area contributed by atoms with Gasteiger partial charge in [-0.25, -0.2) is 13.2 Å². The molecule has 0 bridgehead atoms. The molecule has 0 unspecified atom stereocenters. The average molecular weight is 448 g/mol. The molecule has 10 heteroatoms. The Morgan fingerprint density at radius 3 is 2.74 bits per heavy atom. The quantitative estimate of drug-likeness (QED) is 0.716. The molecule has 6 nitrogen and oxygen atoms in total. The average Bonchev–Trinajstić information content (AvgIpc) is 2.93. The Bertz CT molecular complexity index is 1030. The number of carbonyl (C=O) groups excluding carboxylic acids is 2. The Morgan fingerprint density at radius 2 is 2.04 bits per heavy atom.